The van der Waals surface area contributed by atoms with Crippen molar-refractivity contribution in [3.8, 4) is 16.7 Å². The van der Waals surface area contributed by atoms with Crippen LogP contribution >= 0.6 is 11.3 Å². The van der Waals surface area contributed by atoms with Crippen molar-refractivity contribution in [3.05, 3.63) is 17.1 Å². The molecule has 2 aromatic heterocycles. The second-order valence-electron chi connectivity index (χ2n) is 12.2. The fourth-order valence-electron chi connectivity index (χ4n) is 4.33. The third kappa shape index (κ3) is 7.76. The molecule has 40 heavy (non-hydrogen) atoms. The Bertz CT molecular complexity index is 1230. The summed E-state index contributed by atoms with van der Waals surface area (Å²) in [4.78, 5) is 42.3. The molecule has 0 radical (unpaired) electrons. The minimum Gasteiger partial charge on any atom is -0.470 e. The molecule has 13 heteroatoms. The van der Waals surface area contributed by atoms with Gasteiger partial charge in [-0.05, 0) is 61.3 Å². The van der Waals surface area contributed by atoms with Crippen LogP contribution in [0.2, 0.25) is 0 Å². The number of anilines is 1. The van der Waals surface area contributed by atoms with Gasteiger partial charge in [-0.25, -0.2) is 28.3 Å². The summed E-state index contributed by atoms with van der Waals surface area (Å²) in [6, 6.07) is 0.964. The highest BCUT2D eigenvalue weighted by molar-refractivity contribution is 7.13. The number of alkyl halides is 2. The highest BCUT2D eigenvalue weighted by Crippen LogP contribution is 2.38. The van der Waals surface area contributed by atoms with Gasteiger partial charge in [0.1, 0.15) is 23.1 Å². The number of amides is 2. The van der Waals surface area contributed by atoms with E-state index in [2.05, 4.69) is 15.0 Å². The minimum absolute atomic E-state index is 0.0889. The fraction of sp³-hybridized carbons (Fsp3) is 0.667. The van der Waals surface area contributed by atoms with Crippen molar-refractivity contribution >= 4 is 29.3 Å². The first-order valence-corrected chi connectivity index (χ1v) is 14.2. The van der Waals surface area contributed by atoms with E-state index in [0.717, 1.165) is 5.69 Å². The number of rotatable bonds is 5. The van der Waals surface area contributed by atoms with Crippen LogP contribution < -0.4 is 9.64 Å². The first-order chi connectivity index (χ1) is 18.5. The average Bonchev–Trinajstić information content (AvgIpc) is 3.21. The van der Waals surface area contributed by atoms with Crippen LogP contribution in [0.4, 0.5) is 24.2 Å². The summed E-state index contributed by atoms with van der Waals surface area (Å²) >= 11 is 1.34. The molecule has 1 aliphatic carbocycles. The predicted octanol–water partition coefficient (Wildman–Crippen LogP) is 6.23. The van der Waals surface area contributed by atoms with Crippen LogP contribution in [-0.4, -0.2) is 74.4 Å². The Morgan fingerprint density at radius 1 is 1.02 bits per heavy atom. The summed E-state index contributed by atoms with van der Waals surface area (Å²) < 4.78 is 45.2. The molecule has 2 amide bonds. The normalized spacial score (nSPS) is 18.2. The maximum atomic E-state index is 14.0. The Balaban J connectivity index is 1.63. The quantitative estimate of drug-likeness (QED) is 0.409. The van der Waals surface area contributed by atoms with Gasteiger partial charge in [0.15, 0.2) is 10.8 Å². The topological polar surface area (TPSA) is 107 Å². The highest BCUT2D eigenvalue weighted by atomic mass is 32.1. The van der Waals surface area contributed by atoms with Crippen molar-refractivity contribution < 1.29 is 32.6 Å². The van der Waals surface area contributed by atoms with Gasteiger partial charge in [-0.2, -0.15) is 4.98 Å². The number of hydrogen-bond acceptors (Lipinski definition) is 9. The standard InChI is InChI=1S/C27H37F2N5O5S/c1-16-15-40-22(30-16)21-31-19(12-20(32-21)37-18-13-33(14-18)23(35)38-25(2,3)4)34(24(36)39-26(5,6)7)17-8-10-27(28,29)11-9-17/h12,15,17-18H,8-11,13-14H2,1-7H3. The van der Waals surface area contributed by atoms with E-state index in [-0.39, 0.29) is 49.3 Å². The molecule has 220 valence electrons. The van der Waals surface area contributed by atoms with Crippen LogP contribution in [0, 0.1) is 6.92 Å². The number of carbonyl (C=O) groups excluding carboxylic acids is 2. The molecule has 0 N–H and O–H groups in total. The zero-order chi connectivity index (χ0) is 29.5. The molecule has 0 aromatic carbocycles. The van der Waals surface area contributed by atoms with E-state index < -0.39 is 35.4 Å². The van der Waals surface area contributed by atoms with Gasteiger partial charge in [0.2, 0.25) is 11.8 Å². The second kappa shape index (κ2) is 11.1. The van der Waals surface area contributed by atoms with Crippen LogP contribution in [0.15, 0.2) is 11.4 Å². The maximum absolute atomic E-state index is 14.0. The number of nitrogens with zero attached hydrogens (tertiary/aromatic N) is 5. The lowest BCUT2D eigenvalue weighted by Crippen LogP contribution is -2.57. The number of aromatic nitrogens is 3. The van der Waals surface area contributed by atoms with Crippen LogP contribution in [0.5, 0.6) is 5.88 Å². The Kier molecular flexibility index (Phi) is 8.26. The van der Waals surface area contributed by atoms with Crippen LogP contribution in [0.25, 0.3) is 10.8 Å². The zero-order valence-electron chi connectivity index (χ0n) is 24.0. The van der Waals surface area contributed by atoms with E-state index in [0.29, 0.717) is 18.1 Å². The van der Waals surface area contributed by atoms with Gasteiger partial charge in [0.05, 0.1) is 13.1 Å². The highest BCUT2D eigenvalue weighted by Gasteiger charge is 2.41. The number of halogens is 2. The molecule has 0 atom stereocenters. The zero-order valence-corrected chi connectivity index (χ0v) is 24.8. The van der Waals surface area contributed by atoms with Crippen LogP contribution in [0.3, 0.4) is 0 Å². The summed E-state index contributed by atoms with van der Waals surface area (Å²) in [6.45, 7) is 13.1. The molecule has 0 spiro atoms. The van der Waals surface area contributed by atoms with Gasteiger partial charge >= 0.3 is 12.2 Å². The molecule has 2 aromatic rings. The number of ether oxygens (including phenoxy) is 3. The van der Waals surface area contributed by atoms with E-state index in [1.807, 2.05) is 12.3 Å². The Labute approximate surface area is 237 Å². The molecular formula is C27H37F2N5O5S. The number of hydrogen-bond donors (Lipinski definition) is 0. The molecule has 0 unspecified atom stereocenters. The van der Waals surface area contributed by atoms with Crippen LogP contribution in [0.1, 0.15) is 72.9 Å². The number of carbonyl (C=O) groups is 2. The third-order valence-corrected chi connectivity index (χ3v) is 7.13. The molecule has 3 heterocycles. The first-order valence-electron chi connectivity index (χ1n) is 13.3. The summed E-state index contributed by atoms with van der Waals surface area (Å²) in [7, 11) is 0. The maximum Gasteiger partial charge on any atom is 0.416 e. The minimum atomic E-state index is -2.77. The van der Waals surface area contributed by atoms with E-state index in [4.69, 9.17) is 14.2 Å². The van der Waals surface area contributed by atoms with Gasteiger partial charge in [-0.3, -0.25) is 4.90 Å². The molecule has 1 saturated carbocycles. The summed E-state index contributed by atoms with van der Waals surface area (Å²) in [6.07, 6.45) is -1.98. The van der Waals surface area contributed by atoms with Gasteiger partial charge < -0.3 is 19.1 Å². The largest absolute Gasteiger partial charge is 0.470 e. The molecule has 1 aliphatic heterocycles. The van der Waals surface area contributed by atoms with Crippen molar-refractivity contribution in [1.82, 2.24) is 19.9 Å². The van der Waals surface area contributed by atoms with E-state index in [1.165, 1.54) is 27.2 Å². The number of aryl methyl sites for hydroxylation is 1. The lowest BCUT2D eigenvalue weighted by atomic mass is 9.91. The Hall–Kier alpha value is -3.09. The fourth-order valence-corrected chi connectivity index (χ4v) is 5.06. The Morgan fingerprint density at radius 2 is 1.65 bits per heavy atom. The number of thiazole rings is 1. The van der Waals surface area contributed by atoms with Gasteiger partial charge in [0.25, 0.3) is 0 Å². The second-order valence-corrected chi connectivity index (χ2v) is 13.1. The van der Waals surface area contributed by atoms with Crippen LogP contribution in [-0.2, 0) is 9.47 Å². The van der Waals surface area contributed by atoms with Gasteiger partial charge in [0, 0.05) is 36.0 Å². The lowest BCUT2D eigenvalue weighted by molar-refractivity contribution is -0.0388. The molecular weight excluding hydrogens is 544 g/mol. The SMILES string of the molecule is Cc1csc(-c2nc(OC3CN(C(=O)OC(C)(C)C)C3)cc(N(C(=O)OC(C)(C)C)C3CCC(F)(F)CC3)n2)n1. The Morgan fingerprint density at radius 3 is 2.20 bits per heavy atom. The van der Waals surface area contributed by atoms with Crippen molar-refractivity contribution in [2.45, 2.75) is 103 Å². The number of likely N-dealkylation sites (tertiary alicyclic amines) is 1. The molecule has 0 bridgehead atoms. The van der Waals surface area contributed by atoms with E-state index in [1.54, 1.807) is 41.5 Å². The predicted molar refractivity (Wildman–Crippen MR) is 146 cm³/mol. The first kappa shape index (κ1) is 29.9. The van der Waals surface area contributed by atoms with Gasteiger partial charge in [-0.15, -0.1) is 11.3 Å². The molecule has 2 fully saturated rings. The van der Waals surface area contributed by atoms with Crippen molar-refractivity contribution in [3.63, 3.8) is 0 Å². The molecule has 1 saturated heterocycles. The summed E-state index contributed by atoms with van der Waals surface area (Å²) in [5.74, 6) is -2.18. The van der Waals surface area contributed by atoms with Gasteiger partial charge in [-0.1, -0.05) is 0 Å². The van der Waals surface area contributed by atoms with E-state index in [9.17, 15) is 18.4 Å². The van der Waals surface area contributed by atoms with Crippen molar-refractivity contribution in [1.29, 1.82) is 0 Å². The third-order valence-electron chi connectivity index (χ3n) is 6.18. The molecule has 10 nitrogen and oxygen atoms in total. The summed E-state index contributed by atoms with van der Waals surface area (Å²) in [5.41, 5.74) is -0.645. The smallest absolute Gasteiger partial charge is 0.416 e. The van der Waals surface area contributed by atoms with Crippen molar-refractivity contribution in [2.75, 3.05) is 18.0 Å². The molecule has 4 rings (SSSR count). The molecule has 2 aliphatic rings. The summed E-state index contributed by atoms with van der Waals surface area (Å²) in [5, 5.41) is 2.37. The van der Waals surface area contributed by atoms with Crippen molar-refractivity contribution in [2.24, 2.45) is 0 Å². The monoisotopic (exact) mass is 581 g/mol. The van der Waals surface area contributed by atoms with E-state index >= 15 is 0 Å². The average molecular weight is 582 g/mol. The lowest BCUT2D eigenvalue weighted by Gasteiger charge is -2.39.